The number of fused-ring (bicyclic) bond motifs is 1. The number of aryl methyl sites for hydroxylation is 1. The van der Waals surface area contributed by atoms with E-state index in [4.69, 9.17) is 0 Å². The monoisotopic (exact) mass is 544 g/mol. The van der Waals surface area contributed by atoms with Crippen LogP contribution in [-0.4, -0.2) is 5.43 Å². The van der Waals surface area contributed by atoms with Gasteiger partial charge in [0, 0.05) is 0 Å². The molecule has 3 aromatic carbocycles. The summed E-state index contributed by atoms with van der Waals surface area (Å²) in [6.07, 6.45) is 3.36. The average Bonchev–Trinajstić information content (AvgIpc) is 3.19. The van der Waals surface area contributed by atoms with Crippen molar-refractivity contribution in [2.45, 2.75) is 47.7 Å². The molecule has 0 fully saturated rings. The minimum Gasteiger partial charge on any atom is -1.00 e. The van der Waals surface area contributed by atoms with Gasteiger partial charge in [-0.3, -0.25) is 6.08 Å². The van der Waals surface area contributed by atoms with E-state index in [1.54, 1.807) is 23.3 Å². The zero-order valence-electron chi connectivity index (χ0n) is 19.6. The third kappa shape index (κ3) is 8.93. The van der Waals surface area contributed by atoms with E-state index in [1.165, 1.54) is 44.2 Å². The van der Waals surface area contributed by atoms with E-state index in [0.717, 1.165) is 0 Å². The smallest absolute Gasteiger partial charge is 0.0398 e. The molecule has 0 amide bonds. The van der Waals surface area contributed by atoms with Crippen LogP contribution in [0.4, 0.5) is 0 Å². The zero-order chi connectivity index (χ0) is 21.6. The van der Waals surface area contributed by atoms with E-state index in [9.17, 15) is 0 Å². The Morgan fingerprint density at radius 3 is 2.03 bits per heavy atom. The van der Waals surface area contributed by atoms with E-state index in [0.29, 0.717) is 5.92 Å². The van der Waals surface area contributed by atoms with Crippen LogP contribution in [0, 0.1) is 18.9 Å². The van der Waals surface area contributed by atoms with Gasteiger partial charge in [-0.05, 0) is 6.92 Å². The van der Waals surface area contributed by atoms with Crippen LogP contribution in [-0.2, 0) is 23.3 Å². The summed E-state index contributed by atoms with van der Waals surface area (Å²) in [5.41, 5.74) is 8.40. The van der Waals surface area contributed by atoms with Crippen molar-refractivity contribution in [2.24, 2.45) is 5.92 Å². The number of allylic oxidation sites excluding steroid dienone is 4. The second-order valence-electron chi connectivity index (χ2n) is 8.00. The zero-order valence-corrected chi connectivity index (χ0v) is 24.6. The van der Waals surface area contributed by atoms with Gasteiger partial charge in [-0.25, -0.2) is 5.57 Å². The van der Waals surface area contributed by atoms with Crippen LogP contribution in [0.3, 0.4) is 0 Å². The Hall–Kier alpha value is -0.790. The molecule has 4 rings (SSSR count). The normalized spacial score (nSPS) is 14.4. The molecule has 1 aliphatic rings. The summed E-state index contributed by atoms with van der Waals surface area (Å²) in [5, 5.41) is 2.66. The molecule has 0 saturated heterocycles. The molecule has 1 atom stereocenters. The molecular weight excluding hydrogens is 515 g/mol. The van der Waals surface area contributed by atoms with Crippen molar-refractivity contribution < 1.29 is 48.1 Å². The summed E-state index contributed by atoms with van der Waals surface area (Å²) in [4.78, 5) is 0. The Balaban J connectivity index is 0.000000516. The number of benzene rings is 2. The molecule has 0 radical (unpaired) electrons. The first-order valence-corrected chi connectivity index (χ1v) is 16.4. The van der Waals surface area contributed by atoms with Crippen LogP contribution < -0.4 is 24.8 Å². The number of halogens is 2. The van der Waals surface area contributed by atoms with Gasteiger partial charge in [0.15, 0.2) is 0 Å². The number of hydrogen-bond acceptors (Lipinski definition) is 0. The Labute approximate surface area is 216 Å². The van der Waals surface area contributed by atoms with Gasteiger partial charge >= 0.3 is 41.9 Å². The second-order valence-corrected chi connectivity index (χ2v) is 17.4. The Morgan fingerprint density at radius 2 is 1.55 bits per heavy atom. The molecule has 4 heteroatoms. The van der Waals surface area contributed by atoms with Crippen LogP contribution in [0.5, 0.6) is 0 Å². The molecule has 164 valence electrons. The van der Waals surface area contributed by atoms with Crippen LogP contribution in [0.25, 0.3) is 21.9 Å². The van der Waals surface area contributed by atoms with Gasteiger partial charge in [0.25, 0.3) is 0 Å². The van der Waals surface area contributed by atoms with Gasteiger partial charge in [-0.1, -0.05) is 68.1 Å². The quantitative estimate of drug-likeness (QED) is 0.324. The topological polar surface area (TPSA) is 0 Å². The Bertz CT molecular complexity index is 1060. The molecule has 3 aromatic rings. The molecule has 0 aliphatic heterocycles. The summed E-state index contributed by atoms with van der Waals surface area (Å²) in [7, 11) is 0. The minimum absolute atomic E-state index is 0. The predicted octanol–water partition coefficient (Wildman–Crippen LogP) is 2.05. The first-order chi connectivity index (χ1) is 13.7. The fourth-order valence-corrected chi connectivity index (χ4v) is 3.38. The molecular formula is C27H32Cl2SiZr-2. The molecule has 0 bridgehead atoms. The average molecular weight is 547 g/mol. The fourth-order valence-electron chi connectivity index (χ4n) is 3.38. The summed E-state index contributed by atoms with van der Waals surface area (Å²) in [6.45, 7) is 15.4. The molecule has 0 N–H and O–H groups in total. The van der Waals surface area contributed by atoms with Gasteiger partial charge in [-0.2, -0.15) is 11.1 Å². The summed E-state index contributed by atoms with van der Waals surface area (Å²) in [5.74, 6) is 0.560. The molecule has 1 unspecified atom stereocenters. The first kappa shape index (κ1) is 30.2. The molecule has 0 heterocycles. The van der Waals surface area contributed by atoms with Crippen molar-refractivity contribution in [1.29, 1.82) is 0 Å². The molecule has 31 heavy (non-hydrogen) atoms. The largest absolute Gasteiger partial charge is 1.00 e. The SMILES string of the molecule is CC1=[C-]C(C)C(C)=C1C.C[Si](C)=[Zr+2].Cc1cccc(-c2c[cH-]c3ccccc23)c1.[Cl-].[Cl-]. The van der Waals surface area contributed by atoms with Crippen molar-refractivity contribution in [3.63, 3.8) is 0 Å². The van der Waals surface area contributed by atoms with E-state index < -0.39 is 0 Å². The molecule has 0 nitrogen and oxygen atoms in total. The molecule has 0 saturated carbocycles. The van der Waals surface area contributed by atoms with Gasteiger partial charge in [-0.15, -0.1) is 53.6 Å². The Morgan fingerprint density at radius 1 is 0.935 bits per heavy atom. The van der Waals surface area contributed by atoms with Crippen molar-refractivity contribution in [1.82, 2.24) is 0 Å². The molecule has 1 aliphatic carbocycles. The van der Waals surface area contributed by atoms with Crippen molar-refractivity contribution in [3.05, 3.63) is 89.0 Å². The Kier molecular flexibility index (Phi) is 14.0. The van der Waals surface area contributed by atoms with Crippen LogP contribution in [0.1, 0.15) is 33.3 Å². The first-order valence-electron chi connectivity index (χ1n) is 10.2. The van der Waals surface area contributed by atoms with E-state index >= 15 is 0 Å². The van der Waals surface area contributed by atoms with Crippen LogP contribution in [0.15, 0.2) is 77.4 Å². The van der Waals surface area contributed by atoms with E-state index in [2.05, 4.69) is 114 Å². The predicted molar refractivity (Wildman–Crippen MR) is 127 cm³/mol. The van der Waals surface area contributed by atoms with Crippen molar-refractivity contribution in [2.75, 3.05) is 0 Å². The van der Waals surface area contributed by atoms with Gasteiger partial charge in [0.2, 0.25) is 0 Å². The number of hydrogen-bond donors (Lipinski definition) is 0. The van der Waals surface area contributed by atoms with Gasteiger partial charge in [0.05, 0.1) is 0 Å². The van der Waals surface area contributed by atoms with Crippen LogP contribution in [0.2, 0.25) is 13.1 Å². The van der Waals surface area contributed by atoms with E-state index in [1.807, 2.05) is 0 Å². The third-order valence-corrected chi connectivity index (χ3v) is 5.25. The second kappa shape index (κ2) is 14.4. The maximum absolute atomic E-state index is 3.36. The standard InChI is InChI=1S/C16H13.C9H13.C2H6Si.2ClH.Zr/c1-12-5-4-7-14(11-12)16-10-9-13-6-2-3-8-15(13)16;1-6-5-7(2)9(4)8(6)3;1-3-2;;;/h2-11H,1H3;6H,1-4H3;1-2H3;2*1H;/q2*-1;;;;+2/p-2. The maximum atomic E-state index is 3.36. The van der Waals surface area contributed by atoms with Crippen molar-refractivity contribution >= 4 is 16.2 Å². The van der Waals surface area contributed by atoms with Crippen molar-refractivity contribution in [3.8, 4) is 11.1 Å². The minimum atomic E-state index is 0. The summed E-state index contributed by atoms with van der Waals surface area (Å²) in [6, 6.07) is 21.6. The summed E-state index contributed by atoms with van der Waals surface area (Å²) >= 11 is 1.74. The van der Waals surface area contributed by atoms with Crippen LogP contribution >= 0.6 is 0 Å². The third-order valence-electron chi connectivity index (χ3n) is 5.25. The van der Waals surface area contributed by atoms with Gasteiger partial charge < -0.3 is 24.8 Å². The number of rotatable bonds is 1. The molecule has 0 spiro atoms. The van der Waals surface area contributed by atoms with E-state index in [-0.39, 0.29) is 30.2 Å². The fraction of sp³-hybridized carbons (Fsp3) is 0.296. The molecule has 0 aromatic heterocycles. The van der Waals surface area contributed by atoms with Gasteiger partial charge in [0.1, 0.15) is 0 Å². The summed E-state index contributed by atoms with van der Waals surface area (Å²) < 4.78 is 0. The maximum Gasteiger partial charge on any atom is -0.0398 e.